The van der Waals surface area contributed by atoms with Gasteiger partial charge in [0.2, 0.25) is 5.91 Å². The topological polar surface area (TPSA) is 67.4 Å². The Morgan fingerprint density at radius 2 is 1.93 bits per heavy atom. The number of anilines is 1. The third kappa shape index (κ3) is 4.40. The molecule has 154 valence electrons. The highest BCUT2D eigenvalue weighted by molar-refractivity contribution is 7.80. The highest BCUT2D eigenvalue weighted by Gasteiger charge is 2.68. The number of carbonyl (C=O) groups is 2. The van der Waals surface area contributed by atoms with Crippen LogP contribution in [0.3, 0.4) is 0 Å². The van der Waals surface area contributed by atoms with Crippen molar-refractivity contribution >= 4 is 68.7 Å². The first-order valence-corrected chi connectivity index (χ1v) is 10.7. The molecule has 1 aromatic carbocycles. The fourth-order valence-corrected chi connectivity index (χ4v) is 4.65. The standard InChI is InChI=1S/C19H17Cl2FN2O3S2/c1-3-27-15(25)13-12(10-4-6-11(22)7-5-10)8-29-14(13)23-17(28)24-16(26)18(2)9-19(18,20)21/h4-8H,3,9H2,1-2H3,(H2,23,24,26,28). The number of amides is 1. The number of thiocarbonyl (C=S) groups is 1. The molecule has 29 heavy (non-hydrogen) atoms. The Bertz CT molecular complexity index is 978. The van der Waals surface area contributed by atoms with Crippen LogP contribution in [-0.2, 0) is 9.53 Å². The zero-order valence-electron chi connectivity index (χ0n) is 15.5. The molecular weight excluding hydrogens is 458 g/mol. The van der Waals surface area contributed by atoms with Crippen LogP contribution in [0.2, 0.25) is 0 Å². The minimum absolute atomic E-state index is 0.00492. The Kier molecular flexibility index (Phi) is 6.19. The molecule has 3 rings (SSSR count). The summed E-state index contributed by atoms with van der Waals surface area (Å²) in [4.78, 5) is 24.9. The van der Waals surface area contributed by atoms with Crippen molar-refractivity contribution in [2.75, 3.05) is 11.9 Å². The third-order valence-corrected chi connectivity index (χ3v) is 6.84. The monoisotopic (exact) mass is 474 g/mol. The summed E-state index contributed by atoms with van der Waals surface area (Å²) in [5.74, 6) is -1.35. The number of alkyl halides is 2. The van der Waals surface area contributed by atoms with Crippen molar-refractivity contribution in [1.82, 2.24) is 5.32 Å². The van der Waals surface area contributed by atoms with E-state index in [4.69, 9.17) is 40.2 Å². The van der Waals surface area contributed by atoms with Gasteiger partial charge in [-0.15, -0.1) is 34.5 Å². The van der Waals surface area contributed by atoms with E-state index in [0.29, 0.717) is 22.5 Å². The number of nitrogens with one attached hydrogen (secondary N) is 2. The van der Waals surface area contributed by atoms with Gasteiger partial charge in [0.05, 0.1) is 12.0 Å². The molecule has 0 bridgehead atoms. The molecule has 0 spiro atoms. The maximum Gasteiger partial charge on any atom is 0.341 e. The first kappa shape index (κ1) is 22.0. The quantitative estimate of drug-likeness (QED) is 0.357. The summed E-state index contributed by atoms with van der Waals surface area (Å²) in [7, 11) is 0. The van der Waals surface area contributed by atoms with E-state index in [-0.39, 0.29) is 23.1 Å². The van der Waals surface area contributed by atoms with Crippen molar-refractivity contribution in [2.45, 2.75) is 24.6 Å². The van der Waals surface area contributed by atoms with Crippen molar-refractivity contribution in [2.24, 2.45) is 5.41 Å². The molecule has 1 saturated carbocycles. The summed E-state index contributed by atoms with van der Waals surface area (Å²) >= 11 is 18.5. The highest BCUT2D eigenvalue weighted by Crippen LogP contribution is 2.63. The van der Waals surface area contributed by atoms with Crippen molar-refractivity contribution in [3.8, 4) is 11.1 Å². The van der Waals surface area contributed by atoms with Crippen molar-refractivity contribution in [1.29, 1.82) is 0 Å². The molecule has 1 heterocycles. The molecular formula is C19H17Cl2FN2O3S2. The molecule has 1 unspecified atom stereocenters. The van der Waals surface area contributed by atoms with Gasteiger partial charge in [-0.05, 0) is 50.2 Å². The van der Waals surface area contributed by atoms with Gasteiger partial charge in [-0.25, -0.2) is 9.18 Å². The molecule has 2 aromatic rings. The van der Waals surface area contributed by atoms with Crippen LogP contribution in [0.25, 0.3) is 11.1 Å². The van der Waals surface area contributed by atoms with Gasteiger partial charge in [-0.3, -0.25) is 4.79 Å². The molecule has 5 nitrogen and oxygen atoms in total. The molecule has 1 fully saturated rings. The van der Waals surface area contributed by atoms with E-state index in [9.17, 15) is 14.0 Å². The number of carbonyl (C=O) groups excluding carboxylic acids is 2. The number of ether oxygens (including phenoxy) is 1. The minimum Gasteiger partial charge on any atom is -0.462 e. The molecule has 1 atom stereocenters. The van der Waals surface area contributed by atoms with Crippen LogP contribution in [0.1, 0.15) is 30.6 Å². The zero-order chi connectivity index (χ0) is 21.4. The normalized spacial score (nSPS) is 19.3. The molecule has 0 aliphatic heterocycles. The van der Waals surface area contributed by atoms with Gasteiger partial charge in [0.1, 0.15) is 20.7 Å². The fourth-order valence-electron chi connectivity index (χ4n) is 2.72. The van der Waals surface area contributed by atoms with Crippen LogP contribution in [-0.4, -0.2) is 27.9 Å². The van der Waals surface area contributed by atoms with Crippen LogP contribution in [0.15, 0.2) is 29.6 Å². The molecule has 2 N–H and O–H groups in total. The predicted molar refractivity (Wildman–Crippen MR) is 117 cm³/mol. The number of rotatable bonds is 5. The second-order valence-electron chi connectivity index (χ2n) is 6.70. The van der Waals surface area contributed by atoms with E-state index in [1.54, 1.807) is 31.4 Å². The SMILES string of the molecule is CCOC(=O)c1c(-c2ccc(F)cc2)csc1NC(=S)NC(=O)C1(C)CC1(Cl)Cl. The van der Waals surface area contributed by atoms with Crippen molar-refractivity contribution in [3.05, 3.63) is 41.0 Å². The Labute approximate surface area is 186 Å². The van der Waals surface area contributed by atoms with E-state index in [1.165, 1.54) is 23.5 Å². The fraction of sp³-hybridized carbons (Fsp3) is 0.316. The van der Waals surface area contributed by atoms with Gasteiger partial charge in [0.25, 0.3) is 0 Å². The number of thiophene rings is 1. The summed E-state index contributed by atoms with van der Waals surface area (Å²) < 4.78 is 17.3. The van der Waals surface area contributed by atoms with Crippen LogP contribution in [0, 0.1) is 11.2 Å². The lowest BCUT2D eigenvalue weighted by atomic mass is 10.0. The molecule has 0 radical (unpaired) electrons. The van der Waals surface area contributed by atoms with E-state index in [2.05, 4.69) is 10.6 Å². The number of halogens is 3. The maximum absolute atomic E-state index is 13.3. The number of benzene rings is 1. The molecule has 1 aliphatic carbocycles. The lowest BCUT2D eigenvalue weighted by Gasteiger charge is -2.14. The summed E-state index contributed by atoms with van der Waals surface area (Å²) in [5, 5.41) is 7.56. The number of hydrogen-bond acceptors (Lipinski definition) is 5. The summed E-state index contributed by atoms with van der Waals surface area (Å²) in [6, 6.07) is 5.75. The van der Waals surface area contributed by atoms with Gasteiger partial charge in [-0.1, -0.05) is 12.1 Å². The molecule has 10 heteroatoms. The van der Waals surface area contributed by atoms with E-state index < -0.39 is 21.6 Å². The van der Waals surface area contributed by atoms with Crippen LogP contribution >= 0.6 is 46.8 Å². The van der Waals surface area contributed by atoms with Crippen molar-refractivity contribution < 1.29 is 18.7 Å². The van der Waals surface area contributed by atoms with Gasteiger partial charge in [0, 0.05) is 10.9 Å². The first-order valence-electron chi connectivity index (χ1n) is 8.64. The number of hydrogen-bond donors (Lipinski definition) is 2. The van der Waals surface area contributed by atoms with Gasteiger partial charge in [0.15, 0.2) is 5.11 Å². The van der Waals surface area contributed by atoms with Crippen LogP contribution in [0.5, 0.6) is 0 Å². The van der Waals surface area contributed by atoms with E-state index in [0.717, 1.165) is 0 Å². The predicted octanol–water partition coefficient (Wildman–Crippen LogP) is 5.13. The largest absolute Gasteiger partial charge is 0.462 e. The lowest BCUT2D eigenvalue weighted by Crippen LogP contribution is -2.40. The van der Waals surface area contributed by atoms with Gasteiger partial charge < -0.3 is 15.4 Å². The second kappa shape index (κ2) is 8.18. The zero-order valence-corrected chi connectivity index (χ0v) is 18.6. The van der Waals surface area contributed by atoms with E-state index >= 15 is 0 Å². The Morgan fingerprint density at radius 1 is 1.31 bits per heavy atom. The second-order valence-corrected chi connectivity index (χ2v) is 9.47. The summed E-state index contributed by atoms with van der Waals surface area (Å²) in [5.41, 5.74) is 0.537. The maximum atomic E-state index is 13.3. The first-order chi connectivity index (χ1) is 13.6. The molecule has 1 aliphatic rings. The average Bonchev–Trinajstić information content (AvgIpc) is 2.98. The average molecular weight is 475 g/mol. The van der Waals surface area contributed by atoms with Crippen LogP contribution < -0.4 is 10.6 Å². The summed E-state index contributed by atoms with van der Waals surface area (Å²) in [6.45, 7) is 3.53. The highest BCUT2D eigenvalue weighted by atomic mass is 35.5. The molecule has 1 amide bonds. The van der Waals surface area contributed by atoms with Crippen molar-refractivity contribution in [3.63, 3.8) is 0 Å². The third-order valence-electron chi connectivity index (χ3n) is 4.64. The lowest BCUT2D eigenvalue weighted by molar-refractivity contribution is -0.124. The Morgan fingerprint density at radius 3 is 2.48 bits per heavy atom. The van der Waals surface area contributed by atoms with E-state index in [1.807, 2.05) is 0 Å². The molecule has 1 aromatic heterocycles. The van der Waals surface area contributed by atoms with Crippen LogP contribution in [0.4, 0.5) is 9.39 Å². The van der Waals surface area contributed by atoms with Gasteiger partial charge in [-0.2, -0.15) is 0 Å². The Hall–Kier alpha value is -1.74. The summed E-state index contributed by atoms with van der Waals surface area (Å²) in [6.07, 6.45) is 0.319. The molecule has 0 saturated heterocycles. The smallest absolute Gasteiger partial charge is 0.341 e. The van der Waals surface area contributed by atoms with Gasteiger partial charge >= 0.3 is 5.97 Å². The Balaban J connectivity index is 1.83. The number of esters is 1. The minimum atomic E-state index is -1.12.